The number of fused-ring (bicyclic) bond motifs is 1. The van der Waals surface area contributed by atoms with Crippen molar-refractivity contribution in [3.63, 3.8) is 0 Å². The van der Waals surface area contributed by atoms with Crippen LogP contribution in [0.5, 0.6) is 5.75 Å². The number of hydrogen-bond acceptors (Lipinski definition) is 2. The van der Waals surface area contributed by atoms with Crippen LogP contribution in [-0.4, -0.2) is 5.11 Å². The molecule has 0 saturated carbocycles. The average molecular weight is 272 g/mol. The van der Waals surface area contributed by atoms with Gasteiger partial charge in [0.1, 0.15) is 18.2 Å². The van der Waals surface area contributed by atoms with Crippen LogP contribution in [0.1, 0.15) is 35.6 Å². The first-order chi connectivity index (χ1) is 9.74. The van der Waals surface area contributed by atoms with E-state index in [4.69, 9.17) is 4.74 Å². The van der Waals surface area contributed by atoms with Gasteiger partial charge in [-0.15, -0.1) is 0 Å². The lowest BCUT2D eigenvalue weighted by Crippen LogP contribution is -2.09. The summed E-state index contributed by atoms with van der Waals surface area (Å²) in [5.74, 6) is 0.474. The van der Waals surface area contributed by atoms with Crippen LogP contribution in [0, 0.1) is 5.82 Å². The summed E-state index contributed by atoms with van der Waals surface area (Å²) < 4.78 is 19.2. The highest BCUT2D eigenvalue weighted by Crippen LogP contribution is 2.32. The molecule has 1 atom stereocenters. The summed E-state index contributed by atoms with van der Waals surface area (Å²) in [4.78, 5) is 0. The Hall–Kier alpha value is -1.87. The second kappa shape index (κ2) is 5.63. The van der Waals surface area contributed by atoms with Crippen LogP contribution in [0.3, 0.4) is 0 Å². The molecule has 20 heavy (non-hydrogen) atoms. The third-order valence-corrected chi connectivity index (χ3v) is 3.75. The number of hydrogen-bond donors (Lipinski definition) is 1. The van der Waals surface area contributed by atoms with Crippen molar-refractivity contribution < 1.29 is 14.2 Å². The summed E-state index contributed by atoms with van der Waals surface area (Å²) in [7, 11) is 0. The van der Waals surface area contributed by atoms with Gasteiger partial charge in [-0.2, -0.15) is 0 Å². The minimum atomic E-state index is -0.362. The van der Waals surface area contributed by atoms with Crippen molar-refractivity contribution in [1.29, 1.82) is 0 Å². The van der Waals surface area contributed by atoms with Gasteiger partial charge in [-0.05, 0) is 48.6 Å². The van der Waals surface area contributed by atoms with E-state index in [1.165, 1.54) is 6.07 Å². The van der Waals surface area contributed by atoms with Gasteiger partial charge in [0, 0.05) is 5.56 Å². The maximum absolute atomic E-state index is 13.5. The summed E-state index contributed by atoms with van der Waals surface area (Å²) in [5, 5.41) is 9.91. The van der Waals surface area contributed by atoms with E-state index in [9.17, 15) is 9.50 Å². The molecule has 0 amide bonds. The normalized spacial score (nSPS) is 17.6. The first-order valence-electron chi connectivity index (χ1n) is 6.91. The predicted octanol–water partition coefficient (Wildman–Crippen LogP) is 3.77. The molecule has 1 N–H and O–H groups in total. The molecule has 0 saturated heterocycles. The fraction of sp³-hybridized carbons (Fsp3) is 0.294. The second-order valence-corrected chi connectivity index (χ2v) is 5.15. The van der Waals surface area contributed by atoms with Gasteiger partial charge in [0.25, 0.3) is 0 Å². The lowest BCUT2D eigenvalue weighted by Gasteiger charge is -2.21. The Bertz CT molecular complexity index is 610. The Balaban J connectivity index is 1.74. The lowest BCUT2D eigenvalue weighted by atomic mass is 9.89. The molecule has 0 radical (unpaired) electrons. The number of ether oxygens (including phenoxy) is 1. The van der Waals surface area contributed by atoms with Crippen LogP contribution in [0.15, 0.2) is 42.5 Å². The monoisotopic (exact) mass is 272 g/mol. The minimum Gasteiger partial charge on any atom is -0.489 e. The molecule has 2 aromatic rings. The van der Waals surface area contributed by atoms with E-state index in [0.29, 0.717) is 5.56 Å². The lowest BCUT2D eigenvalue weighted by molar-refractivity contribution is 0.156. The SMILES string of the molecule is OC1CCCc2cc(OCc3ccccc3F)ccc21. The zero-order valence-electron chi connectivity index (χ0n) is 11.2. The molecule has 0 aromatic heterocycles. The zero-order valence-corrected chi connectivity index (χ0v) is 11.2. The van der Waals surface area contributed by atoms with Gasteiger partial charge < -0.3 is 9.84 Å². The number of halogens is 1. The summed E-state index contributed by atoms with van der Waals surface area (Å²) in [6.07, 6.45) is 2.41. The van der Waals surface area contributed by atoms with E-state index in [0.717, 1.165) is 36.1 Å². The third kappa shape index (κ3) is 2.68. The van der Waals surface area contributed by atoms with E-state index < -0.39 is 0 Å². The molecule has 3 rings (SSSR count). The summed E-state index contributed by atoms with van der Waals surface area (Å²) in [5.41, 5.74) is 2.68. The first-order valence-corrected chi connectivity index (χ1v) is 6.91. The number of aliphatic hydroxyl groups is 1. The molecule has 2 nitrogen and oxygen atoms in total. The summed E-state index contributed by atoms with van der Waals surface area (Å²) >= 11 is 0. The van der Waals surface area contributed by atoms with Crippen LogP contribution < -0.4 is 4.74 Å². The van der Waals surface area contributed by atoms with Gasteiger partial charge in [-0.3, -0.25) is 0 Å². The fourth-order valence-electron chi connectivity index (χ4n) is 2.63. The van der Waals surface area contributed by atoms with Crippen LogP contribution >= 0.6 is 0 Å². The van der Waals surface area contributed by atoms with Crippen molar-refractivity contribution in [2.75, 3.05) is 0 Å². The quantitative estimate of drug-likeness (QED) is 0.921. The molecular formula is C17H17FO2. The van der Waals surface area contributed by atoms with E-state index in [-0.39, 0.29) is 18.5 Å². The topological polar surface area (TPSA) is 29.5 Å². The smallest absolute Gasteiger partial charge is 0.129 e. The Morgan fingerprint density at radius 3 is 2.90 bits per heavy atom. The highest BCUT2D eigenvalue weighted by molar-refractivity contribution is 5.38. The Labute approximate surface area is 117 Å². The first kappa shape index (κ1) is 13.1. The minimum absolute atomic E-state index is 0.216. The van der Waals surface area contributed by atoms with Crippen molar-refractivity contribution >= 4 is 0 Å². The molecule has 0 fully saturated rings. The van der Waals surface area contributed by atoms with Crippen LogP contribution in [0.2, 0.25) is 0 Å². The maximum Gasteiger partial charge on any atom is 0.129 e. The van der Waals surface area contributed by atoms with Crippen LogP contribution in [0.4, 0.5) is 4.39 Å². The van der Waals surface area contributed by atoms with Crippen molar-refractivity contribution in [3.05, 3.63) is 65.0 Å². The van der Waals surface area contributed by atoms with E-state index in [1.54, 1.807) is 18.2 Å². The Kier molecular flexibility index (Phi) is 3.70. The highest BCUT2D eigenvalue weighted by Gasteiger charge is 2.18. The maximum atomic E-state index is 13.5. The number of rotatable bonds is 3. The molecule has 0 spiro atoms. The summed E-state index contributed by atoms with van der Waals surface area (Å²) in [6, 6.07) is 12.3. The van der Waals surface area contributed by atoms with Crippen molar-refractivity contribution in [3.8, 4) is 5.75 Å². The molecule has 0 aliphatic heterocycles. The van der Waals surface area contributed by atoms with Crippen LogP contribution in [0.25, 0.3) is 0 Å². The van der Waals surface area contributed by atoms with Gasteiger partial charge >= 0.3 is 0 Å². The van der Waals surface area contributed by atoms with Gasteiger partial charge in [-0.25, -0.2) is 4.39 Å². The predicted molar refractivity (Wildman–Crippen MR) is 75.1 cm³/mol. The van der Waals surface area contributed by atoms with E-state index >= 15 is 0 Å². The number of benzene rings is 2. The average Bonchev–Trinajstić information content (AvgIpc) is 2.46. The van der Waals surface area contributed by atoms with E-state index in [1.807, 2.05) is 18.2 Å². The fourth-order valence-corrected chi connectivity index (χ4v) is 2.63. The molecule has 1 unspecified atom stereocenters. The number of aryl methyl sites for hydroxylation is 1. The zero-order chi connectivity index (χ0) is 13.9. The Morgan fingerprint density at radius 1 is 1.20 bits per heavy atom. The molecular weight excluding hydrogens is 255 g/mol. The highest BCUT2D eigenvalue weighted by atomic mass is 19.1. The second-order valence-electron chi connectivity index (χ2n) is 5.15. The molecule has 1 aliphatic rings. The summed E-state index contributed by atoms with van der Waals surface area (Å²) in [6.45, 7) is 0.216. The molecule has 2 aromatic carbocycles. The van der Waals surface area contributed by atoms with E-state index in [2.05, 4.69) is 0 Å². The molecule has 104 valence electrons. The standard InChI is InChI=1S/C17H17FO2/c18-16-6-2-1-4-13(16)11-20-14-8-9-15-12(10-14)5-3-7-17(15)19/h1-2,4,6,8-10,17,19H,3,5,7,11H2. The largest absolute Gasteiger partial charge is 0.489 e. The molecule has 1 aliphatic carbocycles. The van der Waals surface area contributed by atoms with Crippen molar-refractivity contribution in [1.82, 2.24) is 0 Å². The van der Waals surface area contributed by atoms with Crippen molar-refractivity contribution in [2.24, 2.45) is 0 Å². The van der Waals surface area contributed by atoms with Gasteiger partial charge in [0.15, 0.2) is 0 Å². The van der Waals surface area contributed by atoms with Crippen molar-refractivity contribution in [2.45, 2.75) is 32.0 Å². The number of aliphatic hydroxyl groups excluding tert-OH is 1. The molecule has 0 heterocycles. The van der Waals surface area contributed by atoms with Gasteiger partial charge in [-0.1, -0.05) is 24.3 Å². The Morgan fingerprint density at radius 2 is 2.05 bits per heavy atom. The molecule has 3 heteroatoms. The van der Waals surface area contributed by atoms with Crippen LogP contribution in [-0.2, 0) is 13.0 Å². The van der Waals surface area contributed by atoms with Gasteiger partial charge in [0.05, 0.1) is 6.10 Å². The van der Waals surface area contributed by atoms with Gasteiger partial charge in [0.2, 0.25) is 0 Å². The third-order valence-electron chi connectivity index (χ3n) is 3.75. The molecule has 0 bridgehead atoms.